The van der Waals surface area contributed by atoms with Gasteiger partial charge in [0.1, 0.15) is 5.82 Å². The van der Waals surface area contributed by atoms with Crippen LogP contribution in [0.3, 0.4) is 0 Å². The van der Waals surface area contributed by atoms with E-state index in [1.54, 1.807) is 0 Å². The Hall–Kier alpha value is -1.07. The van der Waals surface area contributed by atoms with E-state index in [1.165, 1.54) is 19.3 Å². The predicted octanol–water partition coefficient (Wildman–Crippen LogP) is 0.568. The molecule has 3 rings (SSSR count). The van der Waals surface area contributed by atoms with Crippen LogP contribution in [0.1, 0.15) is 25.3 Å². The molecule has 5 nitrogen and oxygen atoms in total. The molecule has 1 aromatic rings. The summed E-state index contributed by atoms with van der Waals surface area (Å²) in [5.41, 5.74) is 6.21. The minimum atomic E-state index is 0.340. The lowest BCUT2D eigenvalue weighted by atomic mass is 9.69. The van der Waals surface area contributed by atoms with Crippen LogP contribution in [-0.4, -0.2) is 36.0 Å². The van der Waals surface area contributed by atoms with E-state index in [4.69, 9.17) is 5.73 Å². The van der Waals surface area contributed by atoms with Gasteiger partial charge >= 0.3 is 0 Å². The number of hydrogen-bond acceptors (Lipinski definition) is 4. The van der Waals surface area contributed by atoms with E-state index in [1.807, 2.05) is 6.20 Å². The fraction of sp³-hybridized carbons (Fsp3) is 0.750. The van der Waals surface area contributed by atoms with Crippen molar-refractivity contribution in [3.05, 3.63) is 12.3 Å². The first-order valence-electron chi connectivity index (χ1n) is 6.51. The molecule has 2 fully saturated rings. The SMILES string of the molecule is NCC1(CNc2ccnn2C2CNC2)CCC1. The second-order valence-corrected chi connectivity index (χ2v) is 5.38. The Morgan fingerprint density at radius 1 is 1.53 bits per heavy atom. The van der Waals surface area contributed by atoms with E-state index in [2.05, 4.69) is 26.5 Å². The van der Waals surface area contributed by atoms with Crippen molar-refractivity contribution < 1.29 is 0 Å². The van der Waals surface area contributed by atoms with Gasteiger partial charge in [-0.25, -0.2) is 4.68 Å². The molecule has 0 aromatic carbocycles. The monoisotopic (exact) mass is 235 g/mol. The van der Waals surface area contributed by atoms with Crippen LogP contribution in [0.5, 0.6) is 0 Å². The lowest BCUT2D eigenvalue weighted by molar-refractivity contribution is 0.162. The molecule has 2 aliphatic rings. The van der Waals surface area contributed by atoms with Crippen LogP contribution >= 0.6 is 0 Å². The standard InChI is InChI=1S/C12H21N5/c13-8-12(3-1-4-12)9-15-11-2-5-16-17(11)10-6-14-7-10/h2,5,10,14-15H,1,3-4,6-9,13H2. The summed E-state index contributed by atoms with van der Waals surface area (Å²) in [4.78, 5) is 0. The highest BCUT2D eigenvalue weighted by atomic mass is 15.4. The van der Waals surface area contributed by atoms with Gasteiger partial charge in [-0.1, -0.05) is 6.42 Å². The highest BCUT2D eigenvalue weighted by molar-refractivity contribution is 5.35. The maximum atomic E-state index is 5.87. The van der Waals surface area contributed by atoms with Gasteiger partial charge in [0.15, 0.2) is 0 Å². The Bertz CT molecular complexity index is 372. The Balaban J connectivity index is 1.62. The lowest BCUT2D eigenvalue weighted by Gasteiger charge is -2.41. The molecule has 94 valence electrons. The predicted molar refractivity (Wildman–Crippen MR) is 68.0 cm³/mol. The number of nitrogens with one attached hydrogen (secondary N) is 2. The molecule has 0 amide bonds. The van der Waals surface area contributed by atoms with Crippen LogP contribution in [0.15, 0.2) is 12.3 Å². The summed E-state index contributed by atoms with van der Waals surface area (Å²) in [5.74, 6) is 1.14. The maximum Gasteiger partial charge on any atom is 0.124 e. The van der Waals surface area contributed by atoms with Gasteiger partial charge in [0.05, 0.1) is 12.2 Å². The minimum Gasteiger partial charge on any atom is -0.370 e. The van der Waals surface area contributed by atoms with Crippen molar-refractivity contribution in [2.24, 2.45) is 11.1 Å². The van der Waals surface area contributed by atoms with Crippen molar-refractivity contribution in [2.45, 2.75) is 25.3 Å². The van der Waals surface area contributed by atoms with E-state index < -0.39 is 0 Å². The third kappa shape index (κ3) is 1.93. The molecule has 17 heavy (non-hydrogen) atoms. The van der Waals surface area contributed by atoms with Gasteiger partial charge in [-0.3, -0.25) is 0 Å². The van der Waals surface area contributed by atoms with Crippen molar-refractivity contribution in [3.63, 3.8) is 0 Å². The molecule has 0 radical (unpaired) electrons. The molecule has 0 atom stereocenters. The van der Waals surface area contributed by atoms with Crippen LogP contribution in [0, 0.1) is 5.41 Å². The van der Waals surface area contributed by atoms with Gasteiger partial charge in [0.2, 0.25) is 0 Å². The van der Waals surface area contributed by atoms with Crippen molar-refractivity contribution >= 4 is 5.82 Å². The summed E-state index contributed by atoms with van der Waals surface area (Å²) in [6.07, 6.45) is 5.71. The molecule has 1 saturated heterocycles. The number of nitrogens with two attached hydrogens (primary N) is 1. The molecular weight excluding hydrogens is 214 g/mol. The molecule has 0 spiro atoms. The third-order valence-corrected chi connectivity index (χ3v) is 4.27. The maximum absolute atomic E-state index is 5.87. The molecule has 1 aromatic heterocycles. The summed E-state index contributed by atoms with van der Waals surface area (Å²) >= 11 is 0. The lowest BCUT2D eigenvalue weighted by Crippen LogP contribution is -2.45. The topological polar surface area (TPSA) is 67.9 Å². The zero-order valence-corrected chi connectivity index (χ0v) is 10.2. The van der Waals surface area contributed by atoms with Gasteiger partial charge in [0, 0.05) is 25.7 Å². The fourth-order valence-corrected chi connectivity index (χ4v) is 2.60. The van der Waals surface area contributed by atoms with Crippen molar-refractivity contribution in [1.82, 2.24) is 15.1 Å². The van der Waals surface area contributed by atoms with Crippen molar-refractivity contribution in [3.8, 4) is 0 Å². The summed E-state index contributed by atoms with van der Waals surface area (Å²) in [7, 11) is 0. The number of hydrogen-bond donors (Lipinski definition) is 3. The summed E-state index contributed by atoms with van der Waals surface area (Å²) in [6, 6.07) is 2.57. The van der Waals surface area contributed by atoms with Gasteiger partial charge in [-0.2, -0.15) is 5.10 Å². The normalized spacial score (nSPS) is 22.9. The van der Waals surface area contributed by atoms with Gasteiger partial charge in [-0.05, 0) is 24.8 Å². The van der Waals surface area contributed by atoms with Crippen LogP contribution in [0.2, 0.25) is 0 Å². The van der Waals surface area contributed by atoms with Crippen LogP contribution in [0.4, 0.5) is 5.82 Å². The fourth-order valence-electron chi connectivity index (χ4n) is 2.60. The number of nitrogens with zero attached hydrogens (tertiary/aromatic N) is 2. The molecule has 0 unspecified atom stereocenters. The zero-order valence-electron chi connectivity index (χ0n) is 10.2. The minimum absolute atomic E-state index is 0.340. The van der Waals surface area contributed by atoms with Crippen molar-refractivity contribution in [1.29, 1.82) is 0 Å². The molecule has 2 heterocycles. The average molecular weight is 235 g/mol. The second kappa shape index (κ2) is 4.31. The van der Waals surface area contributed by atoms with Crippen LogP contribution in [0.25, 0.3) is 0 Å². The van der Waals surface area contributed by atoms with Crippen molar-refractivity contribution in [2.75, 3.05) is 31.5 Å². The number of rotatable bonds is 5. The van der Waals surface area contributed by atoms with Gasteiger partial charge in [0.25, 0.3) is 0 Å². The van der Waals surface area contributed by atoms with Gasteiger partial charge < -0.3 is 16.4 Å². The Morgan fingerprint density at radius 2 is 2.35 bits per heavy atom. The Kier molecular flexibility index (Phi) is 2.80. The molecule has 5 heteroatoms. The summed E-state index contributed by atoms with van der Waals surface area (Å²) in [6.45, 7) is 3.82. The first kappa shape index (κ1) is 11.0. The highest BCUT2D eigenvalue weighted by Crippen LogP contribution is 2.39. The van der Waals surface area contributed by atoms with E-state index in [-0.39, 0.29) is 0 Å². The molecular formula is C12H21N5. The summed E-state index contributed by atoms with van der Waals surface area (Å²) < 4.78 is 2.10. The van der Waals surface area contributed by atoms with Crippen LogP contribution < -0.4 is 16.4 Å². The first-order chi connectivity index (χ1) is 8.33. The largest absolute Gasteiger partial charge is 0.370 e. The Morgan fingerprint density at radius 3 is 2.88 bits per heavy atom. The zero-order chi connectivity index (χ0) is 11.7. The highest BCUT2D eigenvalue weighted by Gasteiger charge is 2.35. The molecule has 4 N–H and O–H groups in total. The summed E-state index contributed by atoms with van der Waals surface area (Å²) in [5, 5.41) is 11.2. The molecule has 1 aliphatic carbocycles. The smallest absolute Gasteiger partial charge is 0.124 e. The quantitative estimate of drug-likeness (QED) is 0.698. The van der Waals surface area contributed by atoms with E-state index in [9.17, 15) is 0 Å². The molecule has 1 aliphatic heterocycles. The van der Waals surface area contributed by atoms with E-state index >= 15 is 0 Å². The second-order valence-electron chi connectivity index (χ2n) is 5.38. The first-order valence-corrected chi connectivity index (χ1v) is 6.51. The molecule has 0 bridgehead atoms. The Labute approximate surface area is 102 Å². The number of anilines is 1. The molecule has 1 saturated carbocycles. The van der Waals surface area contributed by atoms with Gasteiger partial charge in [-0.15, -0.1) is 0 Å². The van der Waals surface area contributed by atoms with E-state index in [0.717, 1.165) is 32.0 Å². The van der Waals surface area contributed by atoms with Crippen LogP contribution in [-0.2, 0) is 0 Å². The average Bonchev–Trinajstić information content (AvgIpc) is 2.63. The number of aromatic nitrogens is 2. The third-order valence-electron chi connectivity index (χ3n) is 4.27. The van der Waals surface area contributed by atoms with E-state index in [0.29, 0.717) is 11.5 Å².